The lowest BCUT2D eigenvalue weighted by Gasteiger charge is -2.26. The summed E-state index contributed by atoms with van der Waals surface area (Å²) in [7, 11) is 0. The summed E-state index contributed by atoms with van der Waals surface area (Å²) in [6.45, 7) is 0.652. The third-order valence-electron chi connectivity index (χ3n) is 3.43. The number of carboxylic acids is 1. The predicted molar refractivity (Wildman–Crippen MR) is 61.6 cm³/mol. The molecule has 0 atom stereocenters. The molecule has 92 valence electrons. The van der Waals surface area contributed by atoms with Crippen LogP contribution >= 0.6 is 0 Å². The first kappa shape index (κ1) is 11.8. The van der Waals surface area contributed by atoms with Gasteiger partial charge in [-0.1, -0.05) is 0 Å². The van der Waals surface area contributed by atoms with Crippen molar-refractivity contribution in [3.63, 3.8) is 0 Å². The van der Waals surface area contributed by atoms with E-state index in [1.165, 1.54) is 6.20 Å². The Morgan fingerprint density at radius 2 is 2.12 bits per heavy atom. The van der Waals surface area contributed by atoms with Gasteiger partial charge in [-0.05, 0) is 37.7 Å². The van der Waals surface area contributed by atoms with Gasteiger partial charge in [-0.3, -0.25) is 9.36 Å². The van der Waals surface area contributed by atoms with Crippen LogP contribution in [0.4, 0.5) is 0 Å². The van der Waals surface area contributed by atoms with Crippen LogP contribution in [0.25, 0.3) is 0 Å². The molecule has 1 saturated carbocycles. The van der Waals surface area contributed by atoms with E-state index in [9.17, 15) is 9.59 Å². The van der Waals surface area contributed by atoms with Crippen molar-refractivity contribution in [1.29, 1.82) is 0 Å². The van der Waals surface area contributed by atoms with E-state index < -0.39 is 5.97 Å². The zero-order valence-electron chi connectivity index (χ0n) is 9.58. The van der Waals surface area contributed by atoms with Crippen LogP contribution in [0.15, 0.2) is 23.3 Å². The fourth-order valence-corrected chi connectivity index (χ4v) is 2.40. The maximum Gasteiger partial charge on any atom is 0.347 e. The smallest absolute Gasteiger partial charge is 0.347 e. The van der Waals surface area contributed by atoms with Crippen LogP contribution in [0, 0.1) is 11.8 Å². The largest absolute Gasteiger partial charge is 0.481 e. The molecule has 1 aliphatic carbocycles. The van der Waals surface area contributed by atoms with Gasteiger partial charge in [0.2, 0.25) is 0 Å². The van der Waals surface area contributed by atoms with Crippen molar-refractivity contribution in [2.75, 3.05) is 0 Å². The van der Waals surface area contributed by atoms with Gasteiger partial charge < -0.3 is 5.11 Å². The fourth-order valence-electron chi connectivity index (χ4n) is 2.40. The summed E-state index contributed by atoms with van der Waals surface area (Å²) in [5.74, 6) is -0.494. The SMILES string of the molecule is O=C(O)C1CCC(Cn2cccnc2=O)CC1. The monoisotopic (exact) mass is 236 g/mol. The quantitative estimate of drug-likeness (QED) is 0.854. The van der Waals surface area contributed by atoms with Gasteiger partial charge in [0.05, 0.1) is 5.92 Å². The average Bonchev–Trinajstić information content (AvgIpc) is 2.33. The third-order valence-corrected chi connectivity index (χ3v) is 3.43. The molecule has 5 heteroatoms. The first-order valence-electron chi connectivity index (χ1n) is 5.91. The molecule has 1 aliphatic rings. The third kappa shape index (κ3) is 2.93. The number of rotatable bonds is 3. The molecule has 0 saturated heterocycles. The maximum atomic E-state index is 11.4. The zero-order valence-corrected chi connectivity index (χ0v) is 9.58. The molecule has 1 aromatic rings. The summed E-state index contributed by atoms with van der Waals surface area (Å²) in [5.41, 5.74) is -0.229. The number of hydrogen-bond donors (Lipinski definition) is 1. The van der Waals surface area contributed by atoms with Gasteiger partial charge in [-0.2, -0.15) is 0 Å². The Hall–Kier alpha value is -1.65. The normalized spacial score (nSPS) is 24.5. The molecule has 2 rings (SSSR count). The van der Waals surface area contributed by atoms with Crippen LogP contribution in [-0.2, 0) is 11.3 Å². The van der Waals surface area contributed by atoms with Crippen LogP contribution in [0.3, 0.4) is 0 Å². The first-order chi connectivity index (χ1) is 8.16. The highest BCUT2D eigenvalue weighted by Gasteiger charge is 2.26. The molecule has 0 aliphatic heterocycles. The Labute approximate surface area is 99.1 Å². The molecule has 0 amide bonds. The Morgan fingerprint density at radius 3 is 2.71 bits per heavy atom. The Kier molecular flexibility index (Phi) is 3.56. The van der Waals surface area contributed by atoms with Crippen LogP contribution < -0.4 is 5.69 Å². The number of carboxylic acid groups (broad SMARTS) is 1. The van der Waals surface area contributed by atoms with E-state index >= 15 is 0 Å². The van der Waals surface area contributed by atoms with Gasteiger partial charge in [0.15, 0.2) is 0 Å². The second-order valence-corrected chi connectivity index (χ2v) is 4.61. The molecular formula is C12H16N2O3. The lowest BCUT2D eigenvalue weighted by atomic mass is 9.82. The molecule has 0 unspecified atom stereocenters. The number of carbonyl (C=O) groups is 1. The molecule has 1 fully saturated rings. The highest BCUT2D eigenvalue weighted by molar-refractivity contribution is 5.69. The molecule has 0 spiro atoms. The minimum Gasteiger partial charge on any atom is -0.481 e. The summed E-state index contributed by atoms with van der Waals surface area (Å²) in [6.07, 6.45) is 6.40. The Morgan fingerprint density at radius 1 is 1.41 bits per heavy atom. The van der Waals surface area contributed by atoms with Crippen molar-refractivity contribution >= 4 is 5.97 Å². The lowest BCUT2D eigenvalue weighted by molar-refractivity contribution is -0.143. The van der Waals surface area contributed by atoms with E-state index in [-0.39, 0.29) is 11.6 Å². The average molecular weight is 236 g/mol. The minimum atomic E-state index is -0.693. The van der Waals surface area contributed by atoms with Gasteiger partial charge in [-0.15, -0.1) is 0 Å². The lowest BCUT2D eigenvalue weighted by Crippen LogP contribution is -2.28. The maximum absolute atomic E-state index is 11.4. The van der Waals surface area contributed by atoms with E-state index in [4.69, 9.17) is 5.11 Å². The van der Waals surface area contributed by atoms with Crippen molar-refractivity contribution < 1.29 is 9.90 Å². The number of hydrogen-bond acceptors (Lipinski definition) is 3. The van der Waals surface area contributed by atoms with Crippen molar-refractivity contribution in [3.8, 4) is 0 Å². The van der Waals surface area contributed by atoms with Gasteiger partial charge >= 0.3 is 11.7 Å². The van der Waals surface area contributed by atoms with Crippen LogP contribution in [-0.4, -0.2) is 20.6 Å². The second kappa shape index (κ2) is 5.12. The molecule has 0 bridgehead atoms. The molecule has 1 aromatic heterocycles. The number of nitrogens with zero attached hydrogens (tertiary/aromatic N) is 2. The summed E-state index contributed by atoms with van der Waals surface area (Å²) >= 11 is 0. The minimum absolute atomic E-state index is 0.197. The Bertz CT molecular complexity index is 447. The van der Waals surface area contributed by atoms with Gasteiger partial charge in [0, 0.05) is 18.9 Å². The van der Waals surface area contributed by atoms with Crippen molar-refractivity contribution in [2.24, 2.45) is 11.8 Å². The van der Waals surface area contributed by atoms with Crippen molar-refractivity contribution in [2.45, 2.75) is 32.2 Å². The number of aliphatic carboxylic acids is 1. The van der Waals surface area contributed by atoms with Gasteiger partial charge in [0.25, 0.3) is 0 Å². The number of aromatic nitrogens is 2. The summed E-state index contributed by atoms with van der Waals surface area (Å²) in [6, 6.07) is 1.74. The summed E-state index contributed by atoms with van der Waals surface area (Å²) in [5, 5.41) is 8.89. The van der Waals surface area contributed by atoms with E-state index in [0.717, 1.165) is 25.7 Å². The standard InChI is InChI=1S/C12H16N2O3/c15-11(16)10-4-2-9(3-5-10)8-14-7-1-6-13-12(14)17/h1,6-7,9-10H,2-5,8H2,(H,15,16). The molecule has 17 heavy (non-hydrogen) atoms. The molecule has 1 N–H and O–H groups in total. The topological polar surface area (TPSA) is 72.2 Å². The molecule has 0 aromatic carbocycles. The van der Waals surface area contributed by atoms with Crippen molar-refractivity contribution in [1.82, 2.24) is 9.55 Å². The van der Waals surface area contributed by atoms with Gasteiger partial charge in [-0.25, -0.2) is 9.78 Å². The second-order valence-electron chi connectivity index (χ2n) is 4.61. The molecule has 1 heterocycles. The summed E-state index contributed by atoms with van der Waals surface area (Å²) in [4.78, 5) is 25.9. The Balaban J connectivity index is 1.93. The van der Waals surface area contributed by atoms with E-state index in [1.54, 1.807) is 16.8 Å². The van der Waals surface area contributed by atoms with Gasteiger partial charge in [0.1, 0.15) is 0 Å². The molecular weight excluding hydrogens is 220 g/mol. The van der Waals surface area contributed by atoms with Crippen LogP contribution in [0.5, 0.6) is 0 Å². The highest BCUT2D eigenvalue weighted by atomic mass is 16.4. The van der Waals surface area contributed by atoms with E-state index in [2.05, 4.69) is 4.98 Å². The van der Waals surface area contributed by atoms with E-state index in [0.29, 0.717) is 12.5 Å². The summed E-state index contributed by atoms with van der Waals surface area (Å²) < 4.78 is 1.60. The fraction of sp³-hybridized carbons (Fsp3) is 0.583. The molecule has 5 nitrogen and oxygen atoms in total. The van der Waals surface area contributed by atoms with E-state index in [1.807, 2.05) is 0 Å². The van der Waals surface area contributed by atoms with Crippen LogP contribution in [0.2, 0.25) is 0 Å². The first-order valence-corrected chi connectivity index (χ1v) is 5.91. The highest BCUT2D eigenvalue weighted by Crippen LogP contribution is 2.29. The molecule has 0 radical (unpaired) electrons. The predicted octanol–water partition coefficient (Wildman–Crippen LogP) is 1.13. The zero-order chi connectivity index (χ0) is 12.3. The van der Waals surface area contributed by atoms with Crippen LogP contribution in [0.1, 0.15) is 25.7 Å². The van der Waals surface area contributed by atoms with Crippen molar-refractivity contribution in [3.05, 3.63) is 28.9 Å².